The number of anilines is 2. The number of fused-ring (bicyclic) bond motifs is 1. The van der Waals surface area contributed by atoms with E-state index in [9.17, 15) is 18.0 Å². The number of esters is 1. The largest absolute Gasteiger partial charge is 0.462 e. The van der Waals surface area contributed by atoms with Crippen LogP contribution in [0.4, 0.5) is 24.5 Å². The molecule has 1 fully saturated rings. The highest BCUT2D eigenvalue weighted by atomic mass is 35.5. The quantitative estimate of drug-likeness (QED) is 0.484. The van der Waals surface area contributed by atoms with Gasteiger partial charge in [0.2, 0.25) is 0 Å². The SMILES string of the molecule is CCOC(=O)c1cnc2cc(C(F)(F)F)ccc2c1N1CCN(c2cccc(Cl)c2)CC1. The van der Waals surface area contributed by atoms with Gasteiger partial charge in [0, 0.05) is 48.5 Å². The first-order valence-electron chi connectivity index (χ1n) is 10.2. The predicted molar refractivity (Wildman–Crippen MR) is 119 cm³/mol. The van der Waals surface area contributed by atoms with Crippen LogP contribution in [0.5, 0.6) is 0 Å². The molecule has 0 bridgehead atoms. The van der Waals surface area contributed by atoms with Gasteiger partial charge in [-0.1, -0.05) is 23.7 Å². The van der Waals surface area contributed by atoms with E-state index < -0.39 is 17.7 Å². The summed E-state index contributed by atoms with van der Waals surface area (Å²) >= 11 is 6.11. The highest BCUT2D eigenvalue weighted by Gasteiger charge is 2.32. The van der Waals surface area contributed by atoms with E-state index in [4.69, 9.17) is 16.3 Å². The minimum absolute atomic E-state index is 0.181. The van der Waals surface area contributed by atoms with Crippen molar-refractivity contribution in [2.75, 3.05) is 42.6 Å². The van der Waals surface area contributed by atoms with Gasteiger partial charge in [-0.15, -0.1) is 0 Å². The number of piperazine rings is 1. The Labute approximate surface area is 188 Å². The lowest BCUT2D eigenvalue weighted by Gasteiger charge is -2.38. The fourth-order valence-corrected chi connectivity index (χ4v) is 4.10. The number of carbonyl (C=O) groups excluding carboxylic acids is 1. The summed E-state index contributed by atoms with van der Waals surface area (Å²) in [5.41, 5.74) is 1.19. The van der Waals surface area contributed by atoms with E-state index in [1.165, 1.54) is 12.3 Å². The molecule has 0 amide bonds. The maximum absolute atomic E-state index is 13.2. The summed E-state index contributed by atoms with van der Waals surface area (Å²) in [6.45, 7) is 4.34. The summed E-state index contributed by atoms with van der Waals surface area (Å²) in [5.74, 6) is -0.547. The van der Waals surface area contributed by atoms with Crippen molar-refractivity contribution in [1.82, 2.24) is 4.98 Å². The van der Waals surface area contributed by atoms with Crippen molar-refractivity contribution in [2.24, 2.45) is 0 Å². The summed E-state index contributed by atoms with van der Waals surface area (Å²) in [6, 6.07) is 11.0. The van der Waals surface area contributed by atoms with E-state index in [-0.39, 0.29) is 17.7 Å². The Morgan fingerprint density at radius 3 is 2.47 bits per heavy atom. The van der Waals surface area contributed by atoms with Crippen molar-refractivity contribution in [1.29, 1.82) is 0 Å². The van der Waals surface area contributed by atoms with Crippen LogP contribution in [-0.4, -0.2) is 43.7 Å². The molecule has 3 aromatic rings. The Hall–Kier alpha value is -3.00. The second kappa shape index (κ2) is 8.86. The summed E-state index contributed by atoms with van der Waals surface area (Å²) in [5, 5.41) is 1.13. The molecule has 32 heavy (non-hydrogen) atoms. The summed E-state index contributed by atoms with van der Waals surface area (Å²) in [7, 11) is 0. The average Bonchev–Trinajstić information content (AvgIpc) is 2.77. The Kier molecular flexibility index (Phi) is 6.15. The van der Waals surface area contributed by atoms with Gasteiger partial charge in [0.25, 0.3) is 0 Å². The van der Waals surface area contributed by atoms with E-state index in [0.717, 1.165) is 17.8 Å². The molecule has 5 nitrogen and oxygen atoms in total. The lowest BCUT2D eigenvalue weighted by atomic mass is 10.0. The molecule has 2 heterocycles. The second-order valence-electron chi connectivity index (χ2n) is 7.42. The predicted octanol–water partition coefficient (Wildman–Crippen LogP) is 5.41. The van der Waals surface area contributed by atoms with Crippen LogP contribution >= 0.6 is 11.6 Å². The van der Waals surface area contributed by atoms with Crippen LogP contribution in [0, 0.1) is 0 Å². The molecule has 2 aromatic carbocycles. The second-order valence-corrected chi connectivity index (χ2v) is 7.86. The number of rotatable bonds is 4. The lowest BCUT2D eigenvalue weighted by molar-refractivity contribution is -0.137. The first-order valence-corrected chi connectivity index (χ1v) is 10.6. The van der Waals surface area contributed by atoms with Crippen LogP contribution in [0.15, 0.2) is 48.7 Å². The molecule has 0 N–H and O–H groups in total. The van der Waals surface area contributed by atoms with E-state index >= 15 is 0 Å². The fourth-order valence-electron chi connectivity index (χ4n) is 3.92. The van der Waals surface area contributed by atoms with Gasteiger partial charge >= 0.3 is 12.1 Å². The molecule has 1 aliphatic rings. The molecule has 1 saturated heterocycles. The number of benzene rings is 2. The number of hydrogen-bond acceptors (Lipinski definition) is 5. The van der Waals surface area contributed by atoms with Crippen LogP contribution in [-0.2, 0) is 10.9 Å². The highest BCUT2D eigenvalue weighted by molar-refractivity contribution is 6.30. The zero-order valence-electron chi connectivity index (χ0n) is 17.3. The molecule has 0 spiro atoms. The van der Waals surface area contributed by atoms with E-state index in [1.807, 2.05) is 29.2 Å². The Morgan fingerprint density at radius 1 is 1.09 bits per heavy atom. The molecule has 4 rings (SSSR count). The molecule has 0 unspecified atom stereocenters. The number of hydrogen-bond donors (Lipinski definition) is 0. The zero-order valence-corrected chi connectivity index (χ0v) is 18.1. The molecule has 9 heteroatoms. The molecule has 1 aromatic heterocycles. The molecule has 168 valence electrons. The van der Waals surface area contributed by atoms with Gasteiger partial charge in [-0.2, -0.15) is 13.2 Å². The van der Waals surface area contributed by atoms with Crippen molar-refractivity contribution in [3.05, 3.63) is 64.8 Å². The van der Waals surface area contributed by atoms with Crippen molar-refractivity contribution in [3.8, 4) is 0 Å². The Morgan fingerprint density at radius 2 is 1.81 bits per heavy atom. The summed E-state index contributed by atoms with van der Waals surface area (Å²) in [4.78, 5) is 20.9. The third-order valence-corrected chi connectivity index (χ3v) is 5.67. The van der Waals surface area contributed by atoms with Crippen LogP contribution in [0.3, 0.4) is 0 Å². The molecule has 0 aliphatic carbocycles. The van der Waals surface area contributed by atoms with Gasteiger partial charge in [0.05, 0.1) is 23.4 Å². The number of alkyl halides is 3. The van der Waals surface area contributed by atoms with Crippen LogP contribution in [0.25, 0.3) is 10.9 Å². The third kappa shape index (κ3) is 4.46. The molecule has 1 aliphatic heterocycles. The van der Waals surface area contributed by atoms with Crippen LogP contribution in [0.2, 0.25) is 5.02 Å². The number of carbonyl (C=O) groups is 1. The van der Waals surface area contributed by atoms with Gasteiger partial charge in [-0.25, -0.2) is 4.79 Å². The Bertz CT molecular complexity index is 1150. The van der Waals surface area contributed by atoms with Crippen molar-refractivity contribution >= 4 is 39.8 Å². The number of halogens is 4. The van der Waals surface area contributed by atoms with Crippen LogP contribution in [0.1, 0.15) is 22.8 Å². The van der Waals surface area contributed by atoms with Crippen molar-refractivity contribution in [2.45, 2.75) is 13.1 Å². The summed E-state index contributed by atoms with van der Waals surface area (Å²) in [6.07, 6.45) is -3.17. The molecule has 0 atom stereocenters. The maximum Gasteiger partial charge on any atom is 0.416 e. The first kappa shape index (κ1) is 22.2. The molecule has 0 saturated carbocycles. The molecule has 0 radical (unpaired) electrons. The number of ether oxygens (including phenoxy) is 1. The number of pyridine rings is 1. The lowest BCUT2D eigenvalue weighted by Crippen LogP contribution is -2.47. The maximum atomic E-state index is 13.2. The fraction of sp³-hybridized carbons (Fsp3) is 0.304. The van der Waals surface area contributed by atoms with Crippen molar-refractivity contribution in [3.63, 3.8) is 0 Å². The minimum Gasteiger partial charge on any atom is -0.462 e. The van der Waals surface area contributed by atoms with Crippen LogP contribution < -0.4 is 9.80 Å². The van der Waals surface area contributed by atoms with Crippen molar-refractivity contribution < 1.29 is 22.7 Å². The standard InChI is InChI=1S/C23H21ClF3N3O2/c1-2-32-22(31)19-14-28-20-12-15(23(25,26)27)6-7-18(20)21(19)30-10-8-29(9-11-30)17-5-3-4-16(24)13-17/h3-7,12-14H,2,8-11H2,1H3. The topological polar surface area (TPSA) is 45.7 Å². The van der Waals surface area contributed by atoms with Gasteiger partial charge in [-0.3, -0.25) is 4.98 Å². The molecular weight excluding hydrogens is 443 g/mol. The van der Waals surface area contributed by atoms with E-state index in [1.54, 1.807) is 6.92 Å². The number of nitrogens with zero attached hydrogens (tertiary/aromatic N) is 3. The summed E-state index contributed by atoms with van der Waals surface area (Å²) < 4.78 is 44.7. The highest BCUT2D eigenvalue weighted by Crippen LogP contribution is 2.36. The monoisotopic (exact) mass is 463 g/mol. The zero-order chi connectivity index (χ0) is 22.9. The third-order valence-electron chi connectivity index (χ3n) is 5.43. The van der Waals surface area contributed by atoms with Gasteiger partial charge in [-0.05, 0) is 37.3 Å². The minimum atomic E-state index is -4.47. The first-order chi connectivity index (χ1) is 15.3. The van der Waals surface area contributed by atoms with Gasteiger partial charge in [0.1, 0.15) is 5.56 Å². The normalized spacial score (nSPS) is 14.7. The average molecular weight is 464 g/mol. The smallest absolute Gasteiger partial charge is 0.416 e. The van der Waals surface area contributed by atoms with Gasteiger partial charge < -0.3 is 14.5 Å². The molecular formula is C23H21ClF3N3O2. The van der Waals surface area contributed by atoms with Gasteiger partial charge in [0.15, 0.2) is 0 Å². The van der Waals surface area contributed by atoms with E-state index in [2.05, 4.69) is 9.88 Å². The Balaban J connectivity index is 1.70. The number of aromatic nitrogens is 1. The van der Waals surface area contributed by atoms with E-state index in [0.29, 0.717) is 42.3 Å².